The average molecular weight is 166 g/mol. The largest absolute Gasteiger partial charge is 0.388 e. The van der Waals surface area contributed by atoms with Gasteiger partial charge in [-0.05, 0) is 12.0 Å². The van der Waals surface area contributed by atoms with Crippen LogP contribution in [-0.4, -0.2) is 11.2 Å². The molecular weight excluding hydrogens is 148 g/mol. The first-order chi connectivity index (χ1) is 5.42. The van der Waals surface area contributed by atoms with E-state index in [-0.39, 0.29) is 17.4 Å². The summed E-state index contributed by atoms with van der Waals surface area (Å²) in [7, 11) is 0. The van der Waals surface area contributed by atoms with Gasteiger partial charge in [0, 0.05) is 11.3 Å². The molecule has 0 aromatic carbocycles. The van der Waals surface area contributed by atoms with Crippen LogP contribution in [0, 0.1) is 11.3 Å². The Kier molecular flexibility index (Phi) is 2.17. The highest BCUT2D eigenvalue weighted by Crippen LogP contribution is 2.49. The highest BCUT2D eigenvalue weighted by Gasteiger charge is 2.43. The van der Waals surface area contributed by atoms with Gasteiger partial charge in [0.15, 0.2) is 0 Å². The Morgan fingerprint density at radius 2 is 1.83 bits per heavy atom. The summed E-state index contributed by atoms with van der Waals surface area (Å²) in [6.45, 7) is 14.2. The summed E-state index contributed by atoms with van der Waals surface area (Å²) < 4.78 is 0. The van der Waals surface area contributed by atoms with Crippen molar-refractivity contribution in [3.8, 4) is 0 Å². The predicted molar refractivity (Wildman–Crippen MR) is 51.8 cm³/mol. The average Bonchev–Trinajstić information content (AvgIpc) is 2.15. The van der Waals surface area contributed by atoms with E-state index in [1.165, 1.54) is 0 Å². The molecule has 0 aliphatic heterocycles. The third-order valence-corrected chi connectivity index (χ3v) is 3.23. The van der Waals surface area contributed by atoms with E-state index >= 15 is 0 Å². The van der Waals surface area contributed by atoms with Crippen molar-refractivity contribution in [2.75, 3.05) is 0 Å². The van der Waals surface area contributed by atoms with Crippen LogP contribution in [0.5, 0.6) is 0 Å². The second-order valence-electron chi connectivity index (χ2n) is 4.14. The van der Waals surface area contributed by atoms with Crippen LogP contribution < -0.4 is 0 Å². The van der Waals surface area contributed by atoms with Crippen LogP contribution in [0.25, 0.3) is 0 Å². The lowest BCUT2D eigenvalue weighted by atomic mass is 9.83. The highest BCUT2D eigenvalue weighted by atomic mass is 16.3. The van der Waals surface area contributed by atoms with Gasteiger partial charge >= 0.3 is 0 Å². The summed E-state index contributed by atoms with van der Waals surface area (Å²) in [5.41, 5.74) is 1.96. The first kappa shape index (κ1) is 9.53. The minimum Gasteiger partial charge on any atom is -0.388 e. The summed E-state index contributed by atoms with van der Waals surface area (Å²) in [5.74, 6) is 0.215. The Morgan fingerprint density at radius 3 is 2.00 bits per heavy atom. The molecule has 1 nitrogen and oxygen atoms in total. The molecule has 12 heavy (non-hydrogen) atoms. The molecular formula is C11H18O. The number of rotatable bonds is 1. The molecule has 0 aromatic rings. The van der Waals surface area contributed by atoms with E-state index in [4.69, 9.17) is 0 Å². The van der Waals surface area contributed by atoms with Crippen LogP contribution in [0.3, 0.4) is 0 Å². The van der Waals surface area contributed by atoms with Crippen molar-refractivity contribution >= 4 is 0 Å². The number of hydrogen-bond acceptors (Lipinski definition) is 1. The van der Waals surface area contributed by atoms with Gasteiger partial charge in [-0.25, -0.2) is 0 Å². The maximum absolute atomic E-state index is 9.80. The van der Waals surface area contributed by atoms with Crippen molar-refractivity contribution in [1.29, 1.82) is 0 Å². The minimum atomic E-state index is -0.377. The molecule has 0 spiro atoms. The van der Waals surface area contributed by atoms with Gasteiger partial charge in [0.25, 0.3) is 0 Å². The summed E-state index contributed by atoms with van der Waals surface area (Å²) in [6, 6.07) is 0. The maximum Gasteiger partial charge on any atom is 0.0821 e. The molecule has 0 amide bonds. The smallest absolute Gasteiger partial charge is 0.0821 e. The number of aliphatic hydroxyl groups is 1. The fraction of sp³-hybridized carbons (Fsp3) is 0.636. The second kappa shape index (κ2) is 2.74. The molecule has 0 unspecified atom stereocenters. The molecule has 1 heteroatoms. The first-order valence-electron chi connectivity index (χ1n) is 4.49. The quantitative estimate of drug-likeness (QED) is 0.593. The summed E-state index contributed by atoms with van der Waals surface area (Å²) in [6.07, 6.45) is 0.570. The standard InChI is InChI=1S/C11H18O/c1-6-9-7(2)11(4,5)8(3)10(9)12/h9-10,12H,2-3,6H2,1,4-5H3/t9-,10-/m1/s1. The SMILES string of the molecule is C=C1[C@@H](O)[C@H](CC)C(=C)C1(C)C. The van der Waals surface area contributed by atoms with Crippen LogP contribution in [-0.2, 0) is 0 Å². The third-order valence-electron chi connectivity index (χ3n) is 3.23. The Bertz CT molecular complexity index is 225. The molecule has 0 saturated heterocycles. The van der Waals surface area contributed by atoms with Gasteiger partial charge in [-0.3, -0.25) is 0 Å². The van der Waals surface area contributed by atoms with Gasteiger partial charge in [-0.2, -0.15) is 0 Å². The Balaban J connectivity index is 3.02. The zero-order valence-corrected chi connectivity index (χ0v) is 8.22. The predicted octanol–water partition coefficient (Wildman–Crippen LogP) is 2.53. The molecule has 1 aliphatic carbocycles. The minimum absolute atomic E-state index is 0.0832. The molecule has 0 radical (unpaired) electrons. The number of aliphatic hydroxyl groups excluding tert-OH is 1. The third kappa shape index (κ3) is 1.04. The lowest BCUT2D eigenvalue weighted by molar-refractivity contribution is 0.172. The molecule has 1 saturated carbocycles. The Labute approximate surface area is 74.8 Å². The van der Waals surface area contributed by atoms with E-state index in [1.807, 2.05) is 0 Å². The van der Waals surface area contributed by atoms with Gasteiger partial charge in [-0.1, -0.05) is 39.5 Å². The first-order valence-corrected chi connectivity index (χ1v) is 4.49. The maximum atomic E-state index is 9.80. The van der Waals surface area contributed by atoms with E-state index in [0.717, 1.165) is 17.6 Å². The van der Waals surface area contributed by atoms with Gasteiger partial charge in [0.05, 0.1) is 6.10 Å². The normalized spacial score (nSPS) is 34.3. The van der Waals surface area contributed by atoms with E-state index in [1.54, 1.807) is 0 Å². The zero-order chi connectivity index (χ0) is 9.52. The second-order valence-corrected chi connectivity index (χ2v) is 4.14. The topological polar surface area (TPSA) is 20.2 Å². The highest BCUT2D eigenvalue weighted by molar-refractivity contribution is 5.37. The van der Waals surface area contributed by atoms with E-state index in [2.05, 4.69) is 33.9 Å². The van der Waals surface area contributed by atoms with Crippen LogP contribution in [0.15, 0.2) is 24.3 Å². The summed E-state index contributed by atoms with van der Waals surface area (Å²) >= 11 is 0. The fourth-order valence-electron chi connectivity index (χ4n) is 1.94. The molecule has 1 N–H and O–H groups in total. The fourth-order valence-corrected chi connectivity index (χ4v) is 1.94. The van der Waals surface area contributed by atoms with E-state index in [9.17, 15) is 5.11 Å². The lowest BCUT2D eigenvalue weighted by Crippen LogP contribution is -2.14. The molecule has 68 valence electrons. The molecule has 1 rings (SSSR count). The summed E-state index contributed by atoms with van der Waals surface area (Å²) in [5, 5.41) is 9.80. The van der Waals surface area contributed by atoms with Gasteiger partial charge < -0.3 is 5.11 Å². The molecule has 0 aromatic heterocycles. The van der Waals surface area contributed by atoms with Crippen LogP contribution in [0.1, 0.15) is 27.2 Å². The molecule has 0 bridgehead atoms. The van der Waals surface area contributed by atoms with Crippen molar-refractivity contribution in [3.63, 3.8) is 0 Å². The lowest BCUT2D eigenvalue weighted by Gasteiger charge is -2.21. The van der Waals surface area contributed by atoms with Crippen LogP contribution in [0.4, 0.5) is 0 Å². The molecule has 1 fully saturated rings. The van der Waals surface area contributed by atoms with Crippen molar-refractivity contribution in [1.82, 2.24) is 0 Å². The molecule has 1 aliphatic rings. The zero-order valence-electron chi connectivity index (χ0n) is 8.22. The summed E-state index contributed by atoms with van der Waals surface area (Å²) in [4.78, 5) is 0. The van der Waals surface area contributed by atoms with Crippen molar-refractivity contribution < 1.29 is 5.11 Å². The van der Waals surface area contributed by atoms with Crippen molar-refractivity contribution in [3.05, 3.63) is 24.3 Å². The molecule has 0 heterocycles. The van der Waals surface area contributed by atoms with E-state index < -0.39 is 0 Å². The Hall–Kier alpha value is -0.560. The monoisotopic (exact) mass is 166 g/mol. The van der Waals surface area contributed by atoms with E-state index in [0.29, 0.717) is 0 Å². The van der Waals surface area contributed by atoms with Crippen molar-refractivity contribution in [2.45, 2.75) is 33.3 Å². The van der Waals surface area contributed by atoms with Crippen LogP contribution in [0.2, 0.25) is 0 Å². The van der Waals surface area contributed by atoms with Gasteiger partial charge in [0.2, 0.25) is 0 Å². The Morgan fingerprint density at radius 1 is 1.33 bits per heavy atom. The van der Waals surface area contributed by atoms with Gasteiger partial charge in [0.1, 0.15) is 0 Å². The van der Waals surface area contributed by atoms with Crippen molar-refractivity contribution in [2.24, 2.45) is 11.3 Å². The number of hydrogen-bond donors (Lipinski definition) is 1. The molecule has 2 atom stereocenters. The van der Waals surface area contributed by atoms with Gasteiger partial charge in [-0.15, -0.1) is 0 Å². The van der Waals surface area contributed by atoms with Crippen LogP contribution >= 0.6 is 0 Å².